The largest absolute Gasteiger partial charge is 0.409 e. The summed E-state index contributed by atoms with van der Waals surface area (Å²) in [6.07, 6.45) is 0. The molecule has 0 saturated heterocycles. The fourth-order valence-electron chi connectivity index (χ4n) is 1.98. The Morgan fingerprint density at radius 1 is 1.42 bits per heavy atom. The first-order chi connectivity index (χ1) is 9.04. The molecule has 6 heteroatoms. The summed E-state index contributed by atoms with van der Waals surface area (Å²) in [6.45, 7) is 9.35. The van der Waals surface area contributed by atoms with Crippen LogP contribution in [0.5, 0.6) is 0 Å². The monoisotopic (exact) mass is 266 g/mol. The number of amidine groups is 1. The fourth-order valence-corrected chi connectivity index (χ4v) is 1.98. The molecule has 0 amide bonds. The van der Waals surface area contributed by atoms with Gasteiger partial charge in [-0.2, -0.15) is 0 Å². The van der Waals surface area contributed by atoms with Gasteiger partial charge in [-0.25, -0.2) is 0 Å². The van der Waals surface area contributed by atoms with Gasteiger partial charge in [-0.15, -0.1) is 0 Å². The standard InChI is InChI=1S/C13H22N4O2/c1-4-16(5-2)8-9-17-10(3)6-7-11(13(17)18)12(14)15-19/h6-7,19H,4-5,8-9H2,1-3H3,(H2,14,15). The third-order valence-corrected chi connectivity index (χ3v) is 3.31. The number of pyridine rings is 1. The second-order valence-electron chi connectivity index (χ2n) is 4.36. The Balaban J connectivity index is 3.04. The second kappa shape index (κ2) is 6.94. The number of aromatic nitrogens is 1. The van der Waals surface area contributed by atoms with E-state index in [9.17, 15) is 4.79 Å². The van der Waals surface area contributed by atoms with E-state index in [4.69, 9.17) is 10.9 Å². The highest BCUT2D eigenvalue weighted by Crippen LogP contribution is 2.00. The number of hydrogen-bond donors (Lipinski definition) is 2. The van der Waals surface area contributed by atoms with Crippen molar-refractivity contribution in [3.05, 3.63) is 33.7 Å². The number of hydrogen-bond acceptors (Lipinski definition) is 4. The highest BCUT2D eigenvalue weighted by atomic mass is 16.4. The smallest absolute Gasteiger partial charge is 0.261 e. The van der Waals surface area contributed by atoms with Crippen LogP contribution in [0.3, 0.4) is 0 Å². The highest BCUT2D eigenvalue weighted by Gasteiger charge is 2.10. The number of aryl methyl sites for hydroxylation is 1. The Labute approximate surface area is 113 Å². The first-order valence-corrected chi connectivity index (χ1v) is 6.45. The Morgan fingerprint density at radius 3 is 2.58 bits per heavy atom. The van der Waals surface area contributed by atoms with Crippen LogP contribution in [0.15, 0.2) is 22.1 Å². The van der Waals surface area contributed by atoms with E-state index in [0.717, 1.165) is 25.3 Å². The maximum absolute atomic E-state index is 12.3. The third kappa shape index (κ3) is 3.57. The van der Waals surface area contributed by atoms with E-state index in [-0.39, 0.29) is 17.0 Å². The predicted octanol–water partition coefficient (Wildman–Crippen LogP) is 0.593. The van der Waals surface area contributed by atoms with E-state index in [0.29, 0.717) is 6.54 Å². The molecule has 1 heterocycles. The van der Waals surface area contributed by atoms with Crippen molar-refractivity contribution in [3.8, 4) is 0 Å². The summed E-state index contributed by atoms with van der Waals surface area (Å²) in [5.41, 5.74) is 6.38. The maximum atomic E-state index is 12.3. The maximum Gasteiger partial charge on any atom is 0.261 e. The van der Waals surface area contributed by atoms with Gasteiger partial charge in [0.1, 0.15) is 0 Å². The quantitative estimate of drug-likeness (QED) is 0.342. The van der Waals surface area contributed by atoms with Gasteiger partial charge in [0, 0.05) is 18.8 Å². The van der Waals surface area contributed by atoms with Gasteiger partial charge in [-0.3, -0.25) is 4.79 Å². The minimum absolute atomic E-state index is 0.151. The van der Waals surface area contributed by atoms with Gasteiger partial charge in [-0.05, 0) is 32.1 Å². The number of oxime groups is 1. The van der Waals surface area contributed by atoms with Crippen molar-refractivity contribution in [3.63, 3.8) is 0 Å². The summed E-state index contributed by atoms with van der Waals surface area (Å²) in [5.74, 6) is -0.151. The van der Waals surface area contributed by atoms with Crippen molar-refractivity contribution in [2.75, 3.05) is 19.6 Å². The number of likely N-dealkylation sites (N-methyl/N-ethyl adjacent to an activating group) is 1. The summed E-state index contributed by atoms with van der Waals surface area (Å²) in [4.78, 5) is 14.5. The van der Waals surface area contributed by atoms with Crippen LogP contribution in [0.4, 0.5) is 0 Å². The minimum Gasteiger partial charge on any atom is -0.409 e. The van der Waals surface area contributed by atoms with Crippen molar-refractivity contribution in [2.45, 2.75) is 27.3 Å². The van der Waals surface area contributed by atoms with Crippen LogP contribution in [-0.4, -0.2) is 40.1 Å². The van der Waals surface area contributed by atoms with E-state index >= 15 is 0 Å². The van der Waals surface area contributed by atoms with E-state index in [2.05, 4.69) is 23.9 Å². The summed E-state index contributed by atoms with van der Waals surface area (Å²) in [6, 6.07) is 3.39. The van der Waals surface area contributed by atoms with E-state index in [1.165, 1.54) is 0 Å². The Hall–Kier alpha value is -1.82. The first-order valence-electron chi connectivity index (χ1n) is 6.45. The molecule has 0 aliphatic rings. The van der Waals surface area contributed by atoms with Crippen LogP contribution in [0.2, 0.25) is 0 Å². The van der Waals surface area contributed by atoms with E-state index in [1.807, 2.05) is 6.92 Å². The van der Waals surface area contributed by atoms with Crippen molar-refractivity contribution in [2.24, 2.45) is 10.9 Å². The van der Waals surface area contributed by atoms with Gasteiger partial charge < -0.3 is 20.4 Å². The molecule has 0 spiro atoms. The molecule has 1 aromatic heterocycles. The zero-order valence-electron chi connectivity index (χ0n) is 11.8. The molecule has 6 nitrogen and oxygen atoms in total. The van der Waals surface area contributed by atoms with Crippen LogP contribution in [0.25, 0.3) is 0 Å². The van der Waals surface area contributed by atoms with Gasteiger partial charge in [0.05, 0.1) is 5.56 Å². The van der Waals surface area contributed by atoms with Crippen molar-refractivity contribution < 1.29 is 5.21 Å². The molecule has 0 atom stereocenters. The van der Waals surface area contributed by atoms with Crippen LogP contribution < -0.4 is 11.3 Å². The minimum atomic E-state index is -0.220. The zero-order valence-corrected chi connectivity index (χ0v) is 11.8. The van der Waals surface area contributed by atoms with E-state index < -0.39 is 0 Å². The lowest BCUT2D eigenvalue weighted by molar-refractivity contribution is 0.288. The molecule has 0 saturated carbocycles. The number of rotatable bonds is 6. The first kappa shape index (κ1) is 15.2. The van der Waals surface area contributed by atoms with Gasteiger partial charge in [0.2, 0.25) is 0 Å². The third-order valence-electron chi connectivity index (χ3n) is 3.31. The highest BCUT2D eigenvalue weighted by molar-refractivity contribution is 5.96. The van der Waals surface area contributed by atoms with Crippen molar-refractivity contribution in [1.29, 1.82) is 0 Å². The lowest BCUT2D eigenvalue weighted by atomic mass is 10.2. The van der Waals surface area contributed by atoms with Gasteiger partial charge >= 0.3 is 0 Å². The molecule has 1 aromatic rings. The molecule has 0 aliphatic heterocycles. The molecule has 0 aliphatic carbocycles. The normalized spacial score (nSPS) is 12.1. The summed E-state index contributed by atoms with van der Waals surface area (Å²) in [7, 11) is 0. The lowest BCUT2D eigenvalue weighted by Crippen LogP contribution is -2.35. The molecule has 19 heavy (non-hydrogen) atoms. The summed E-state index contributed by atoms with van der Waals surface area (Å²) >= 11 is 0. The number of nitrogens with two attached hydrogens (primary N) is 1. The van der Waals surface area contributed by atoms with E-state index in [1.54, 1.807) is 16.7 Å². The molecule has 0 radical (unpaired) electrons. The van der Waals surface area contributed by atoms with Gasteiger partial charge in [0.15, 0.2) is 5.84 Å². The molecule has 3 N–H and O–H groups in total. The van der Waals surface area contributed by atoms with Crippen LogP contribution in [0, 0.1) is 6.92 Å². The van der Waals surface area contributed by atoms with Gasteiger partial charge in [0.25, 0.3) is 5.56 Å². The molecule has 106 valence electrons. The Morgan fingerprint density at radius 2 is 2.05 bits per heavy atom. The molecule has 0 bridgehead atoms. The molecule has 0 unspecified atom stereocenters. The van der Waals surface area contributed by atoms with Crippen LogP contribution in [0.1, 0.15) is 25.1 Å². The second-order valence-corrected chi connectivity index (χ2v) is 4.36. The molecular weight excluding hydrogens is 244 g/mol. The van der Waals surface area contributed by atoms with Crippen molar-refractivity contribution in [1.82, 2.24) is 9.47 Å². The number of nitrogens with zero attached hydrogens (tertiary/aromatic N) is 3. The molecule has 0 fully saturated rings. The van der Waals surface area contributed by atoms with Crippen LogP contribution >= 0.6 is 0 Å². The topological polar surface area (TPSA) is 83.8 Å². The summed E-state index contributed by atoms with van der Waals surface area (Å²) < 4.78 is 1.66. The average Bonchev–Trinajstić information content (AvgIpc) is 2.42. The van der Waals surface area contributed by atoms with Crippen molar-refractivity contribution >= 4 is 5.84 Å². The molecular formula is C13H22N4O2. The fraction of sp³-hybridized carbons (Fsp3) is 0.538. The predicted molar refractivity (Wildman–Crippen MR) is 75.7 cm³/mol. The molecule has 1 rings (SSSR count). The SMILES string of the molecule is CCN(CC)CCn1c(C)ccc(/C(N)=N/O)c1=O. The summed E-state index contributed by atoms with van der Waals surface area (Å²) in [5, 5.41) is 11.6. The molecule has 0 aromatic carbocycles. The van der Waals surface area contributed by atoms with Crippen LogP contribution in [-0.2, 0) is 6.54 Å². The Bertz CT molecular complexity index is 504. The zero-order chi connectivity index (χ0) is 14.4. The Kier molecular flexibility index (Phi) is 5.57. The lowest BCUT2D eigenvalue weighted by Gasteiger charge is -2.19. The average molecular weight is 266 g/mol. The van der Waals surface area contributed by atoms with Gasteiger partial charge in [-0.1, -0.05) is 19.0 Å².